The van der Waals surface area contributed by atoms with Gasteiger partial charge in [0.2, 0.25) is 11.9 Å². The van der Waals surface area contributed by atoms with Crippen LogP contribution >= 0.6 is 0 Å². The average molecular weight is 611 g/mol. The third kappa shape index (κ3) is 3.94. The molecule has 0 saturated carbocycles. The number of hydrogen-bond acceptors (Lipinski definition) is 4. The molecule has 8 aromatic rings. The van der Waals surface area contributed by atoms with Gasteiger partial charge in [0, 0.05) is 27.6 Å². The van der Waals surface area contributed by atoms with Crippen LogP contribution in [-0.4, -0.2) is 29.6 Å². The van der Waals surface area contributed by atoms with Crippen LogP contribution in [0.3, 0.4) is 0 Å². The van der Waals surface area contributed by atoms with E-state index in [1.165, 1.54) is 16.3 Å². The van der Waals surface area contributed by atoms with Crippen molar-refractivity contribution < 1.29 is 0 Å². The van der Waals surface area contributed by atoms with Gasteiger partial charge in [-0.15, -0.1) is 0 Å². The quantitative estimate of drug-likeness (QED) is 0.199. The van der Waals surface area contributed by atoms with Gasteiger partial charge >= 0.3 is 0 Å². The highest BCUT2D eigenvalue weighted by molar-refractivity contribution is 6.10. The summed E-state index contributed by atoms with van der Waals surface area (Å²) in [5, 5.41) is 2.40. The maximum Gasteiger partial charge on any atom is 0.233 e. The molecule has 0 N–H and O–H groups in total. The molecular weight excluding hydrogens is 576 g/mol. The first-order valence-electron chi connectivity index (χ1n) is 16.1. The SMILES string of the molecule is CC1(C)N(c2nc(-c3ccccc3)cc(-c3ccc4c(c3)c3ccccc3n4-c3ccccc3)n2)c2nc3ccccc3n2C1(C)C. The third-order valence-corrected chi connectivity index (χ3v) is 10.3. The van der Waals surface area contributed by atoms with E-state index >= 15 is 0 Å². The summed E-state index contributed by atoms with van der Waals surface area (Å²) in [6, 6.07) is 46.8. The maximum atomic E-state index is 5.35. The predicted octanol–water partition coefficient (Wildman–Crippen LogP) is 9.92. The third-order valence-electron chi connectivity index (χ3n) is 10.3. The van der Waals surface area contributed by atoms with E-state index in [1.54, 1.807) is 0 Å². The number of para-hydroxylation sites is 4. The van der Waals surface area contributed by atoms with E-state index in [9.17, 15) is 0 Å². The van der Waals surface area contributed by atoms with Crippen LogP contribution in [0.1, 0.15) is 27.7 Å². The van der Waals surface area contributed by atoms with Crippen LogP contribution in [0.15, 0.2) is 133 Å². The van der Waals surface area contributed by atoms with E-state index in [1.807, 2.05) is 12.1 Å². The zero-order valence-corrected chi connectivity index (χ0v) is 26.9. The maximum absolute atomic E-state index is 5.35. The highest BCUT2D eigenvalue weighted by atomic mass is 15.5. The van der Waals surface area contributed by atoms with Gasteiger partial charge in [-0.25, -0.2) is 15.0 Å². The van der Waals surface area contributed by atoms with Crippen molar-refractivity contribution in [2.75, 3.05) is 4.90 Å². The molecule has 4 heterocycles. The summed E-state index contributed by atoms with van der Waals surface area (Å²) in [7, 11) is 0. The number of fused-ring (bicyclic) bond motifs is 6. The van der Waals surface area contributed by atoms with Gasteiger partial charge in [-0.3, -0.25) is 4.90 Å². The highest BCUT2D eigenvalue weighted by Gasteiger charge is 2.54. The lowest BCUT2D eigenvalue weighted by molar-refractivity contribution is 0.251. The van der Waals surface area contributed by atoms with E-state index < -0.39 is 0 Å². The molecule has 6 nitrogen and oxygen atoms in total. The summed E-state index contributed by atoms with van der Waals surface area (Å²) in [5.74, 6) is 1.50. The van der Waals surface area contributed by atoms with Crippen LogP contribution in [0.25, 0.3) is 61.0 Å². The monoisotopic (exact) mass is 610 g/mol. The Balaban J connectivity index is 1.29. The van der Waals surface area contributed by atoms with Crippen LogP contribution in [0.2, 0.25) is 0 Å². The summed E-state index contributed by atoms with van der Waals surface area (Å²) in [6.45, 7) is 9.09. The van der Waals surface area contributed by atoms with Crippen LogP contribution in [0.5, 0.6) is 0 Å². The van der Waals surface area contributed by atoms with E-state index in [4.69, 9.17) is 15.0 Å². The van der Waals surface area contributed by atoms with Gasteiger partial charge in [0.05, 0.1) is 44.5 Å². The van der Waals surface area contributed by atoms with Crippen LogP contribution in [-0.2, 0) is 5.54 Å². The Morgan fingerprint density at radius 1 is 0.489 bits per heavy atom. The lowest BCUT2D eigenvalue weighted by Crippen LogP contribution is -2.51. The van der Waals surface area contributed by atoms with E-state index in [0.717, 1.165) is 50.7 Å². The fraction of sp³-hybridized carbons (Fsp3) is 0.146. The minimum absolute atomic E-state index is 0.289. The molecule has 0 saturated heterocycles. The molecule has 0 radical (unpaired) electrons. The number of aromatic nitrogens is 5. The first-order valence-corrected chi connectivity index (χ1v) is 16.1. The molecular formula is C41H34N6. The second-order valence-electron chi connectivity index (χ2n) is 13.4. The Morgan fingerprint density at radius 3 is 1.87 bits per heavy atom. The lowest BCUT2D eigenvalue weighted by Gasteiger charge is -2.40. The Kier molecular flexibility index (Phi) is 5.79. The molecule has 0 aliphatic carbocycles. The van der Waals surface area contributed by atoms with Gasteiger partial charge in [0.1, 0.15) is 0 Å². The molecule has 0 atom stereocenters. The zero-order valence-electron chi connectivity index (χ0n) is 26.9. The summed E-state index contributed by atoms with van der Waals surface area (Å²) in [4.78, 5) is 18.0. The topological polar surface area (TPSA) is 51.8 Å². The van der Waals surface area contributed by atoms with Crippen LogP contribution in [0.4, 0.5) is 11.9 Å². The number of rotatable bonds is 4. The molecule has 0 fully saturated rings. The largest absolute Gasteiger partial charge is 0.309 e. The molecule has 1 aliphatic heterocycles. The Bertz CT molecular complexity index is 2470. The Hall–Kier alpha value is -5.75. The molecule has 0 amide bonds. The molecule has 0 unspecified atom stereocenters. The van der Waals surface area contributed by atoms with Crippen molar-refractivity contribution in [3.05, 3.63) is 133 Å². The molecule has 0 bridgehead atoms. The number of nitrogens with zero attached hydrogens (tertiary/aromatic N) is 6. The van der Waals surface area contributed by atoms with Gasteiger partial charge in [0.25, 0.3) is 0 Å². The highest BCUT2D eigenvalue weighted by Crippen LogP contribution is 2.51. The molecule has 9 rings (SSSR count). The first kappa shape index (κ1) is 27.6. The molecule has 6 heteroatoms. The number of anilines is 2. The smallest absolute Gasteiger partial charge is 0.233 e. The summed E-state index contributed by atoms with van der Waals surface area (Å²) >= 11 is 0. The van der Waals surface area contributed by atoms with Crippen molar-refractivity contribution in [1.82, 2.24) is 24.1 Å². The fourth-order valence-corrected chi connectivity index (χ4v) is 7.28. The van der Waals surface area contributed by atoms with Gasteiger partial charge < -0.3 is 9.13 Å². The Morgan fingerprint density at radius 2 is 1.11 bits per heavy atom. The minimum Gasteiger partial charge on any atom is -0.309 e. The fourth-order valence-electron chi connectivity index (χ4n) is 7.28. The van der Waals surface area contributed by atoms with E-state index in [2.05, 4.69) is 163 Å². The molecule has 0 spiro atoms. The molecule has 47 heavy (non-hydrogen) atoms. The first-order chi connectivity index (χ1) is 22.8. The molecule has 3 aromatic heterocycles. The van der Waals surface area contributed by atoms with Crippen molar-refractivity contribution >= 4 is 44.7 Å². The van der Waals surface area contributed by atoms with Crippen molar-refractivity contribution in [1.29, 1.82) is 0 Å². The van der Waals surface area contributed by atoms with E-state index in [0.29, 0.717) is 5.95 Å². The van der Waals surface area contributed by atoms with Gasteiger partial charge in [-0.1, -0.05) is 84.9 Å². The standard InChI is InChI=1S/C41H34N6/c1-40(2)41(3,4)47(39-44-32-20-12-14-22-37(32)46(39)40)38-42-33(27-15-7-5-8-16-27)26-34(43-38)28-23-24-36-31(25-28)30-19-11-13-21-35(30)45(36)29-17-9-6-10-18-29/h5-26H,1-4H3. The molecule has 1 aliphatic rings. The van der Waals surface area contributed by atoms with Crippen molar-refractivity contribution in [3.63, 3.8) is 0 Å². The zero-order chi connectivity index (χ0) is 31.9. The second kappa shape index (κ2) is 9.87. The molecule has 5 aromatic carbocycles. The molecule has 228 valence electrons. The summed E-state index contributed by atoms with van der Waals surface area (Å²) in [5.41, 5.74) is 8.73. The normalized spacial score (nSPS) is 15.1. The summed E-state index contributed by atoms with van der Waals surface area (Å²) < 4.78 is 4.69. The number of hydrogen-bond donors (Lipinski definition) is 0. The number of benzene rings is 5. The van der Waals surface area contributed by atoms with Gasteiger partial charge in [-0.2, -0.15) is 0 Å². The second-order valence-corrected chi connectivity index (χ2v) is 13.4. The Labute approximate surface area is 273 Å². The van der Waals surface area contributed by atoms with Gasteiger partial charge in [0.15, 0.2) is 0 Å². The average Bonchev–Trinajstić information content (AvgIpc) is 3.69. The van der Waals surface area contributed by atoms with Crippen LogP contribution in [0, 0.1) is 0 Å². The summed E-state index contributed by atoms with van der Waals surface area (Å²) in [6.07, 6.45) is 0. The van der Waals surface area contributed by atoms with Gasteiger partial charge in [-0.05, 0) is 76.2 Å². The predicted molar refractivity (Wildman–Crippen MR) is 193 cm³/mol. The minimum atomic E-state index is -0.376. The number of imidazole rings is 1. The van der Waals surface area contributed by atoms with Crippen molar-refractivity contribution in [2.45, 2.75) is 38.8 Å². The van der Waals surface area contributed by atoms with Crippen molar-refractivity contribution in [2.24, 2.45) is 0 Å². The lowest BCUT2D eigenvalue weighted by atomic mass is 9.82. The van der Waals surface area contributed by atoms with Crippen LogP contribution < -0.4 is 4.90 Å². The van der Waals surface area contributed by atoms with Crippen molar-refractivity contribution in [3.8, 4) is 28.2 Å². The van der Waals surface area contributed by atoms with E-state index in [-0.39, 0.29) is 11.1 Å².